The highest BCUT2D eigenvalue weighted by Gasteiger charge is 2.25. The summed E-state index contributed by atoms with van der Waals surface area (Å²) >= 11 is 1.74. The summed E-state index contributed by atoms with van der Waals surface area (Å²) in [5.41, 5.74) is 4.21. The van der Waals surface area contributed by atoms with E-state index in [1.165, 1.54) is 40.8 Å². The van der Waals surface area contributed by atoms with Gasteiger partial charge in [0.2, 0.25) is 5.95 Å². The molecule has 0 amide bonds. The number of anilines is 1. The molecule has 2 aliphatic carbocycles. The molecule has 0 spiro atoms. The Kier molecular flexibility index (Phi) is 4.71. The summed E-state index contributed by atoms with van der Waals surface area (Å²) in [6, 6.07) is 8.91. The van der Waals surface area contributed by atoms with Crippen LogP contribution in [0.3, 0.4) is 0 Å². The number of hydrogen-bond acceptors (Lipinski definition) is 4. The molecule has 28 heavy (non-hydrogen) atoms. The number of nitrogens with zero attached hydrogens (tertiary/aromatic N) is 2. The maximum atomic E-state index is 13.4. The van der Waals surface area contributed by atoms with Crippen LogP contribution < -0.4 is 10.9 Å². The summed E-state index contributed by atoms with van der Waals surface area (Å²) in [5.74, 6) is 0.750. The van der Waals surface area contributed by atoms with Gasteiger partial charge in [0.1, 0.15) is 4.83 Å². The monoisotopic (exact) mass is 393 g/mol. The van der Waals surface area contributed by atoms with Crippen molar-refractivity contribution in [1.29, 1.82) is 0 Å². The van der Waals surface area contributed by atoms with Crippen molar-refractivity contribution in [1.82, 2.24) is 9.55 Å². The lowest BCUT2D eigenvalue weighted by Gasteiger charge is -2.27. The van der Waals surface area contributed by atoms with Crippen LogP contribution in [0.2, 0.25) is 0 Å². The van der Waals surface area contributed by atoms with Crippen molar-refractivity contribution in [3.05, 3.63) is 56.2 Å². The molecule has 0 radical (unpaired) electrons. The number of fused-ring (bicyclic) bond motifs is 4. The first-order valence-electron chi connectivity index (χ1n) is 10.7. The van der Waals surface area contributed by atoms with Gasteiger partial charge in [-0.3, -0.25) is 9.36 Å². The van der Waals surface area contributed by atoms with Gasteiger partial charge in [-0.1, -0.05) is 31.2 Å². The molecule has 0 fully saturated rings. The van der Waals surface area contributed by atoms with Crippen molar-refractivity contribution in [2.24, 2.45) is 0 Å². The van der Waals surface area contributed by atoms with Crippen LogP contribution in [0.1, 0.15) is 66.6 Å². The van der Waals surface area contributed by atoms with Gasteiger partial charge in [0.05, 0.1) is 11.4 Å². The predicted molar refractivity (Wildman–Crippen MR) is 117 cm³/mol. The maximum Gasteiger partial charge on any atom is 0.263 e. The van der Waals surface area contributed by atoms with Gasteiger partial charge in [-0.25, -0.2) is 4.98 Å². The molecular weight excluding hydrogens is 366 g/mol. The van der Waals surface area contributed by atoms with Crippen LogP contribution in [-0.2, 0) is 25.8 Å². The van der Waals surface area contributed by atoms with E-state index < -0.39 is 0 Å². The van der Waals surface area contributed by atoms with E-state index in [4.69, 9.17) is 4.98 Å². The summed E-state index contributed by atoms with van der Waals surface area (Å²) in [5, 5.41) is 4.55. The van der Waals surface area contributed by atoms with Crippen LogP contribution >= 0.6 is 11.3 Å². The lowest BCUT2D eigenvalue weighted by atomic mass is 9.88. The number of hydrogen-bond donors (Lipinski definition) is 1. The molecule has 1 unspecified atom stereocenters. The van der Waals surface area contributed by atoms with E-state index in [1.54, 1.807) is 11.3 Å². The van der Waals surface area contributed by atoms with Crippen molar-refractivity contribution >= 4 is 27.5 Å². The lowest BCUT2D eigenvalue weighted by Crippen LogP contribution is -2.28. The van der Waals surface area contributed by atoms with Gasteiger partial charge < -0.3 is 5.32 Å². The molecular formula is C23H27N3OS. The van der Waals surface area contributed by atoms with E-state index in [0.717, 1.165) is 48.3 Å². The Labute approximate surface area is 169 Å². The third-order valence-corrected chi connectivity index (χ3v) is 7.38. The normalized spacial score (nSPS) is 18.7. The van der Waals surface area contributed by atoms with Crippen LogP contribution in [0.4, 0.5) is 5.95 Å². The molecule has 146 valence electrons. The second-order valence-electron chi connectivity index (χ2n) is 8.07. The Morgan fingerprint density at radius 2 is 2.04 bits per heavy atom. The van der Waals surface area contributed by atoms with E-state index >= 15 is 0 Å². The number of rotatable bonds is 4. The minimum Gasteiger partial charge on any atom is -0.349 e. The smallest absolute Gasteiger partial charge is 0.263 e. The van der Waals surface area contributed by atoms with Crippen molar-refractivity contribution in [2.75, 3.05) is 5.32 Å². The second-order valence-corrected chi connectivity index (χ2v) is 9.15. The Hall–Kier alpha value is -2.14. The van der Waals surface area contributed by atoms with Crippen LogP contribution in [-0.4, -0.2) is 9.55 Å². The third kappa shape index (κ3) is 2.96. The van der Waals surface area contributed by atoms with Crippen LogP contribution in [0.15, 0.2) is 29.1 Å². The Morgan fingerprint density at radius 1 is 1.18 bits per heavy atom. The zero-order chi connectivity index (χ0) is 19.1. The second kappa shape index (κ2) is 7.36. The van der Waals surface area contributed by atoms with E-state index in [-0.39, 0.29) is 11.6 Å². The van der Waals surface area contributed by atoms with Gasteiger partial charge in [-0.05, 0) is 68.1 Å². The first kappa shape index (κ1) is 17.9. The van der Waals surface area contributed by atoms with E-state index in [0.29, 0.717) is 6.54 Å². The highest BCUT2D eigenvalue weighted by atomic mass is 32.1. The molecule has 4 nitrogen and oxygen atoms in total. The quantitative estimate of drug-likeness (QED) is 0.660. The van der Waals surface area contributed by atoms with Gasteiger partial charge in [0.15, 0.2) is 0 Å². The van der Waals surface area contributed by atoms with E-state index in [9.17, 15) is 4.79 Å². The molecule has 2 aromatic heterocycles. The molecule has 0 aliphatic heterocycles. The van der Waals surface area contributed by atoms with Crippen LogP contribution in [0, 0.1) is 0 Å². The highest BCUT2D eigenvalue weighted by molar-refractivity contribution is 7.18. The number of thiophene rings is 1. The van der Waals surface area contributed by atoms with Gasteiger partial charge in [0.25, 0.3) is 5.56 Å². The summed E-state index contributed by atoms with van der Waals surface area (Å²) in [6.07, 6.45) is 8.86. The van der Waals surface area contributed by atoms with Gasteiger partial charge in [-0.15, -0.1) is 11.3 Å². The van der Waals surface area contributed by atoms with Crippen molar-refractivity contribution in [3.63, 3.8) is 0 Å². The van der Waals surface area contributed by atoms with Gasteiger partial charge >= 0.3 is 0 Å². The number of nitrogens with one attached hydrogen (secondary N) is 1. The fourth-order valence-corrected chi connectivity index (χ4v) is 6.09. The minimum atomic E-state index is 0.151. The zero-order valence-corrected chi connectivity index (χ0v) is 17.3. The number of benzene rings is 1. The Morgan fingerprint density at radius 3 is 2.93 bits per heavy atom. The van der Waals surface area contributed by atoms with Crippen LogP contribution in [0.25, 0.3) is 10.2 Å². The van der Waals surface area contributed by atoms with Crippen LogP contribution in [0.5, 0.6) is 0 Å². The standard InChI is InChI=1S/C23H27N3OS/c1-2-14-26-22(27)20-17-11-5-6-13-19(17)28-21(20)25-23(26)24-18-12-7-9-15-8-3-4-10-16(15)18/h3-4,8,10,18H,2,5-7,9,11-14H2,1H3,(H,24,25). The summed E-state index contributed by atoms with van der Waals surface area (Å²) in [4.78, 5) is 20.8. The lowest BCUT2D eigenvalue weighted by molar-refractivity contribution is 0.580. The summed E-state index contributed by atoms with van der Waals surface area (Å²) in [6.45, 7) is 2.84. The van der Waals surface area contributed by atoms with Crippen molar-refractivity contribution < 1.29 is 0 Å². The average molecular weight is 394 g/mol. The maximum absolute atomic E-state index is 13.4. The largest absolute Gasteiger partial charge is 0.349 e. The van der Waals surface area contributed by atoms with Crippen molar-refractivity contribution in [3.8, 4) is 0 Å². The third-order valence-electron chi connectivity index (χ3n) is 6.19. The summed E-state index contributed by atoms with van der Waals surface area (Å²) < 4.78 is 1.89. The zero-order valence-electron chi connectivity index (χ0n) is 16.5. The molecule has 2 aliphatic rings. The van der Waals surface area contributed by atoms with Crippen molar-refractivity contribution in [2.45, 2.75) is 70.9 Å². The molecule has 0 saturated heterocycles. The predicted octanol–water partition coefficient (Wildman–Crippen LogP) is 5.24. The van der Waals surface area contributed by atoms with Gasteiger partial charge in [0, 0.05) is 11.4 Å². The average Bonchev–Trinajstić information content (AvgIpc) is 3.09. The Bertz CT molecular complexity index is 1080. The molecule has 5 rings (SSSR count). The number of aromatic nitrogens is 2. The first-order chi connectivity index (χ1) is 13.8. The molecule has 3 aromatic rings. The molecule has 0 bridgehead atoms. The number of aryl methyl sites for hydroxylation is 3. The molecule has 0 saturated carbocycles. The highest BCUT2D eigenvalue weighted by Crippen LogP contribution is 2.36. The summed E-state index contributed by atoms with van der Waals surface area (Å²) in [7, 11) is 0. The fourth-order valence-electron chi connectivity index (χ4n) is 4.84. The Balaban J connectivity index is 1.61. The molecule has 2 heterocycles. The molecule has 5 heteroatoms. The molecule has 1 aromatic carbocycles. The molecule has 1 N–H and O–H groups in total. The van der Waals surface area contributed by atoms with Gasteiger partial charge in [-0.2, -0.15) is 0 Å². The SMILES string of the molecule is CCCn1c(NC2CCCc3ccccc32)nc2sc3c(c2c1=O)CCCC3. The van der Waals surface area contributed by atoms with E-state index in [2.05, 4.69) is 36.5 Å². The molecule has 1 atom stereocenters. The van der Waals surface area contributed by atoms with E-state index in [1.807, 2.05) is 4.57 Å². The fraction of sp³-hybridized carbons (Fsp3) is 0.478. The minimum absolute atomic E-state index is 0.151. The topological polar surface area (TPSA) is 46.9 Å². The first-order valence-corrected chi connectivity index (χ1v) is 11.5.